The number of aliphatic hydroxyl groups excluding tert-OH is 1. The fourth-order valence-electron chi connectivity index (χ4n) is 1.46. The van der Waals surface area contributed by atoms with E-state index in [0.29, 0.717) is 19.4 Å². The summed E-state index contributed by atoms with van der Waals surface area (Å²) >= 11 is 5.78. The lowest BCUT2D eigenvalue weighted by Crippen LogP contribution is -2.13. The second-order valence-corrected chi connectivity index (χ2v) is 4.32. The van der Waals surface area contributed by atoms with Crippen LogP contribution in [0.25, 0.3) is 0 Å². The lowest BCUT2D eigenvalue weighted by Gasteiger charge is -2.10. The van der Waals surface area contributed by atoms with E-state index in [1.807, 2.05) is 24.3 Å². The van der Waals surface area contributed by atoms with Gasteiger partial charge >= 0.3 is 0 Å². The van der Waals surface area contributed by atoms with Gasteiger partial charge in [-0.3, -0.25) is 0 Å². The number of hydrogen-bond donors (Lipinski definition) is 1. The molecule has 1 aromatic rings. The van der Waals surface area contributed by atoms with Crippen LogP contribution < -0.4 is 0 Å². The quantitative estimate of drug-likeness (QED) is 0.745. The van der Waals surface area contributed by atoms with Crippen LogP contribution in [0.5, 0.6) is 0 Å². The van der Waals surface area contributed by atoms with Gasteiger partial charge in [0.25, 0.3) is 0 Å². The molecule has 1 rings (SSSR count). The van der Waals surface area contributed by atoms with Crippen molar-refractivity contribution < 1.29 is 9.84 Å². The van der Waals surface area contributed by atoms with E-state index < -0.39 is 0 Å². The molecule has 1 N–H and O–H groups in total. The maximum atomic E-state index is 9.76. The molecule has 0 saturated heterocycles. The summed E-state index contributed by atoms with van der Waals surface area (Å²) in [5.41, 5.74) is 1.10. The molecular formula is C13H19ClO2. The largest absolute Gasteiger partial charge is 0.393 e. The van der Waals surface area contributed by atoms with Crippen molar-refractivity contribution in [2.24, 2.45) is 0 Å². The Balaban J connectivity index is 2.23. The van der Waals surface area contributed by atoms with E-state index in [1.165, 1.54) is 0 Å². The first-order valence-electron chi connectivity index (χ1n) is 5.72. The average Bonchev–Trinajstić information content (AvgIpc) is 2.28. The Morgan fingerprint density at radius 2 is 1.94 bits per heavy atom. The Labute approximate surface area is 102 Å². The highest BCUT2D eigenvalue weighted by Crippen LogP contribution is 2.12. The molecule has 0 radical (unpaired) electrons. The molecule has 0 aliphatic heterocycles. The summed E-state index contributed by atoms with van der Waals surface area (Å²) in [4.78, 5) is 0. The SMILES string of the molecule is CCCOCCC(O)Cc1ccc(Cl)cc1. The monoisotopic (exact) mass is 242 g/mol. The lowest BCUT2D eigenvalue weighted by atomic mass is 10.1. The molecule has 0 amide bonds. The third kappa shape index (κ3) is 5.50. The molecule has 0 aliphatic carbocycles. The van der Waals surface area contributed by atoms with Crippen LogP contribution in [0.15, 0.2) is 24.3 Å². The number of aliphatic hydroxyl groups is 1. The van der Waals surface area contributed by atoms with Gasteiger partial charge in [-0.1, -0.05) is 30.7 Å². The van der Waals surface area contributed by atoms with Gasteiger partial charge in [0.2, 0.25) is 0 Å². The summed E-state index contributed by atoms with van der Waals surface area (Å²) in [6.07, 6.45) is 2.03. The number of benzene rings is 1. The summed E-state index contributed by atoms with van der Waals surface area (Å²) in [6, 6.07) is 7.57. The van der Waals surface area contributed by atoms with E-state index in [4.69, 9.17) is 16.3 Å². The zero-order chi connectivity index (χ0) is 11.8. The molecule has 3 heteroatoms. The molecule has 2 nitrogen and oxygen atoms in total. The zero-order valence-electron chi connectivity index (χ0n) is 9.66. The first-order valence-corrected chi connectivity index (χ1v) is 6.10. The van der Waals surface area contributed by atoms with Gasteiger partial charge in [0, 0.05) is 18.2 Å². The summed E-state index contributed by atoms with van der Waals surface area (Å²) in [6.45, 7) is 3.47. The summed E-state index contributed by atoms with van der Waals surface area (Å²) in [5, 5.41) is 10.5. The molecule has 0 aliphatic rings. The van der Waals surface area contributed by atoms with E-state index in [2.05, 4.69) is 6.92 Å². The molecule has 1 unspecified atom stereocenters. The summed E-state index contributed by atoms with van der Waals surface area (Å²) in [7, 11) is 0. The van der Waals surface area contributed by atoms with Crippen molar-refractivity contribution >= 4 is 11.6 Å². The van der Waals surface area contributed by atoms with Crippen molar-refractivity contribution in [1.82, 2.24) is 0 Å². The van der Waals surface area contributed by atoms with Crippen LogP contribution in [-0.4, -0.2) is 24.4 Å². The van der Waals surface area contributed by atoms with Crippen molar-refractivity contribution in [1.29, 1.82) is 0 Å². The van der Waals surface area contributed by atoms with Crippen LogP contribution in [0.4, 0.5) is 0 Å². The Kier molecular flexibility index (Phi) is 6.46. The third-order valence-electron chi connectivity index (χ3n) is 2.33. The standard InChI is InChI=1S/C13H19ClO2/c1-2-8-16-9-7-13(15)10-11-3-5-12(14)6-4-11/h3-6,13,15H,2,7-10H2,1H3. The van der Waals surface area contributed by atoms with Gasteiger partial charge in [-0.2, -0.15) is 0 Å². The summed E-state index contributed by atoms with van der Waals surface area (Å²) < 4.78 is 5.33. The van der Waals surface area contributed by atoms with Crippen LogP contribution in [0.1, 0.15) is 25.3 Å². The van der Waals surface area contributed by atoms with Crippen molar-refractivity contribution in [2.75, 3.05) is 13.2 Å². The Morgan fingerprint density at radius 3 is 2.56 bits per heavy atom. The van der Waals surface area contributed by atoms with Crippen LogP contribution >= 0.6 is 11.6 Å². The molecular weight excluding hydrogens is 224 g/mol. The number of rotatable bonds is 7. The lowest BCUT2D eigenvalue weighted by molar-refractivity contribution is 0.0824. The van der Waals surface area contributed by atoms with E-state index in [1.54, 1.807) is 0 Å². The maximum Gasteiger partial charge on any atom is 0.0602 e. The predicted octanol–water partition coefficient (Wildman–Crippen LogP) is 3.06. The van der Waals surface area contributed by atoms with Gasteiger partial charge in [-0.05, 0) is 37.0 Å². The van der Waals surface area contributed by atoms with E-state index in [-0.39, 0.29) is 6.10 Å². The molecule has 1 aromatic carbocycles. The molecule has 0 spiro atoms. The second-order valence-electron chi connectivity index (χ2n) is 3.89. The molecule has 90 valence electrons. The minimum absolute atomic E-state index is 0.335. The topological polar surface area (TPSA) is 29.5 Å². The van der Waals surface area contributed by atoms with Crippen LogP contribution in [0, 0.1) is 0 Å². The predicted molar refractivity (Wildman–Crippen MR) is 66.9 cm³/mol. The molecule has 0 heterocycles. The van der Waals surface area contributed by atoms with E-state index in [0.717, 1.165) is 23.6 Å². The van der Waals surface area contributed by atoms with Gasteiger partial charge in [-0.15, -0.1) is 0 Å². The smallest absolute Gasteiger partial charge is 0.0602 e. The maximum absolute atomic E-state index is 9.76. The second kappa shape index (κ2) is 7.66. The normalized spacial score (nSPS) is 12.7. The van der Waals surface area contributed by atoms with Crippen molar-refractivity contribution in [3.8, 4) is 0 Å². The summed E-state index contributed by atoms with van der Waals surface area (Å²) in [5.74, 6) is 0. The minimum Gasteiger partial charge on any atom is -0.393 e. The fourth-order valence-corrected chi connectivity index (χ4v) is 1.59. The first-order chi connectivity index (χ1) is 7.72. The Hall–Kier alpha value is -0.570. The Bertz CT molecular complexity index is 284. The number of hydrogen-bond acceptors (Lipinski definition) is 2. The number of ether oxygens (including phenoxy) is 1. The third-order valence-corrected chi connectivity index (χ3v) is 2.58. The number of halogens is 1. The van der Waals surface area contributed by atoms with Crippen molar-refractivity contribution in [3.63, 3.8) is 0 Å². The zero-order valence-corrected chi connectivity index (χ0v) is 10.4. The highest BCUT2D eigenvalue weighted by Gasteiger charge is 2.05. The molecule has 0 fully saturated rings. The minimum atomic E-state index is -0.335. The molecule has 0 saturated carbocycles. The molecule has 1 atom stereocenters. The van der Waals surface area contributed by atoms with E-state index >= 15 is 0 Å². The van der Waals surface area contributed by atoms with Gasteiger partial charge in [0.15, 0.2) is 0 Å². The van der Waals surface area contributed by atoms with Crippen LogP contribution in [0.3, 0.4) is 0 Å². The highest BCUT2D eigenvalue weighted by molar-refractivity contribution is 6.30. The van der Waals surface area contributed by atoms with Crippen LogP contribution in [-0.2, 0) is 11.2 Å². The van der Waals surface area contributed by atoms with Gasteiger partial charge in [0.05, 0.1) is 6.10 Å². The Morgan fingerprint density at radius 1 is 1.25 bits per heavy atom. The average molecular weight is 243 g/mol. The van der Waals surface area contributed by atoms with Crippen molar-refractivity contribution in [3.05, 3.63) is 34.9 Å². The molecule has 16 heavy (non-hydrogen) atoms. The molecule has 0 aromatic heterocycles. The van der Waals surface area contributed by atoms with Crippen molar-refractivity contribution in [2.45, 2.75) is 32.3 Å². The molecule has 0 bridgehead atoms. The van der Waals surface area contributed by atoms with Crippen LogP contribution in [0.2, 0.25) is 5.02 Å². The van der Waals surface area contributed by atoms with E-state index in [9.17, 15) is 5.11 Å². The first kappa shape index (κ1) is 13.5. The van der Waals surface area contributed by atoms with Gasteiger partial charge in [-0.25, -0.2) is 0 Å². The fraction of sp³-hybridized carbons (Fsp3) is 0.538. The van der Waals surface area contributed by atoms with Gasteiger partial charge < -0.3 is 9.84 Å². The van der Waals surface area contributed by atoms with Gasteiger partial charge in [0.1, 0.15) is 0 Å². The highest BCUT2D eigenvalue weighted by atomic mass is 35.5.